The van der Waals surface area contributed by atoms with E-state index in [4.69, 9.17) is 15.2 Å². The molecular formula is C24H20N2O5S. The Kier molecular flexibility index (Phi) is 5.79. The zero-order chi connectivity index (χ0) is 22.8. The van der Waals surface area contributed by atoms with Crippen molar-refractivity contribution in [3.05, 3.63) is 103 Å². The average Bonchev–Trinajstić information content (AvgIpc) is 3.13. The summed E-state index contributed by atoms with van der Waals surface area (Å²) in [6.07, 6.45) is 1.74. The summed E-state index contributed by atoms with van der Waals surface area (Å²) in [6, 6.07) is 17.5. The smallest absolute Gasteiger partial charge is 0.342 e. The summed E-state index contributed by atoms with van der Waals surface area (Å²) < 4.78 is 12.0. The molecule has 0 fully saturated rings. The summed E-state index contributed by atoms with van der Waals surface area (Å²) in [7, 11) is 2.44. The Hall–Kier alpha value is -3.91. The van der Waals surface area contributed by atoms with E-state index in [0.29, 0.717) is 14.8 Å². The van der Waals surface area contributed by atoms with Crippen molar-refractivity contribution >= 4 is 34.9 Å². The van der Waals surface area contributed by atoms with Gasteiger partial charge in [-0.3, -0.25) is 9.36 Å². The first-order valence-corrected chi connectivity index (χ1v) is 10.5. The molecule has 8 heteroatoms. The second-order valence-electron chi connectivity index (χ2n) is 7.00. The fraction of sp³-hybridized carbons (Fsp3) is 0.125. The third-order valence-electron chi connectivity index (χ3n) is 5.17. The predicted molar refractivity (Wildman–Crippen MR) is 121 cm³/mol. The lowest BCUT2D eigenvalue weighted by atomic mass is 9.92. The van der Waals surface area contributed by atoms with Crippen molar-refractivity contribution in [2.24, 2.45) is 5.73 Å². The van der Waals surface area contributed by atoms with E-state index in [9.17, 15) is 14.4 Å². The van der Waals surface area contributed by atoms with Gasteiger partial charge in [-0.1, -0.05) is 60.7 Å². The van der Waals surface area contributed by atoms with Crippen molar-refractivity contribution < 1.29 is 19.1 Å². The number of methoxy groups -OCH3 is 2. The van der Waals surface area contributed by atoms with Crippen LogP contribution >= 0.6 is 11.3 Å². The summed E-state index contributed by atoms with van der Waals surface area (Å²) in [4.78, 5) is 39.0. The van der Waals surface area contributed by atoms with Gasteiger partial charge in [-0.05, 0) is 17.2 Å². The van der Waals surface area contributed by atoms with E-state index in [1.54, 1.807) is 30.3 Å². The quantitative estimate of drug-likeness (QED) is 0.599. The zero-order valence-electron chi connectivity index (χ0n) is 17.4. The van der Waals surface area contributed by atoms with Gasteiger partial charge in [0.2, 0.25) is 0 Å². The first kappa shape index (κ1) is 21.3. The van der Waals surface area contributed by atoms with Gasteiger partial charge in [-0.15, -0.1) is 11.3 Å². The molecule has 0 radical (unpaired) electrons. The first-order valence-electron chi connectivity index (χ1n) is 9.72. The van der Waals surface area contributed by atoms with Gasteiger partial charge in [0, 0.05) is 0 Å². The molecule has 2 aromatic carbocycles. The summed E-state index contributed by atoms with van der Waals surface area (Å²) in [5.74, 6) is -1.47. The highest BCUT2D eigenvalue weighted by Gasteiger charge is 2.37. The number of rotatable bonds is 4. The zero-order valence-corrected chi connectivity index (χ0v) is 18.2. The Labute approximate surface area is 187 Å². The van der Waals surface area contributed by atoms with Crippen molar-refractivity contribution in [1.82, 2.24) is 4.57 Å². The highest BCUT2D eigenvalue weighted by Crippen LogP contribution is 2.32. The third-order valence-corrected chi connectivity index (χ3v) is 6.27. The number of carbonyl (C=O) groups excluding carboxylic acids is 2. The molecular weight excluding hydrogens is 428 g/mol. The lowest BCUT2D eigenvalue weighted by molar-refractivity contribution is -0.136. The Morgan fingerprint density at radius 1 is 0.969 bits per heavy atom. The number of aromatic nitrogens is 1. The molecule has 1 aliphatic heterocycles. The van der Waals surface area contributed by atoms with Crippen LogP contribution in [-0.4, -0.2) is 30.7 Å². The van der Waals surface area contributed by atoms with Crippen LogP contribution in [0.5, 0.6) is 0 Å². The highest BCUT2D eigenvalue weighted by atomic mass is 32.1. The normalized spacial score (nSPS) is 16.0. The van der Waals surface area contributed by atoms with Crippen LogP contribution in [0.2, 0.25) is 0 Å². The van der Waals surface area contributed by atoms with Gasteiger partial charge in [0.1, 0.15) is 10.2 Å². The third kappa shape index (κ3) is 3.54. The van der Waals surface area contributed by atoms with Crippen LogP contribution in [0.4, 0.5) is 0 Å². The fourth-order valence-electron chi connectivity index (χ4n) is 3.71. The minimum Gasteiger partial charge on any atom is -0.466 e. The Morgan fingerprint density at radius 3 is 2.16 bits per heavy atom. The van der Waals surface area contributed by atoms with Crippen LogP contribution in [-0.2, 0) is 19.1 Å². The topological polar surface area (TPSA) is 101 Å². The predicted octanol–water partition coefficient (Wildman–Crippen LogP) is 1.05. The van der Waals surface area contributed by atoms with Gasteiger partial charge in [-0.25, -0.2) is 9.59 Å². The molecule has 1 unspecified atom stereocenters. The van der Waals surface area contributed by atoms with Gasteiger partial charge in [-0.2, -0.15) is 0 Å². The number of nitrogens with zero attached hydrogens (tertiary/aromatic N) is 1. The number of carbonyl (C=O) groups is 2. The van der Waals surface area contributed by atoms with Crippen molar-refractivity contribution in [1.29, 1.82) is 0 Å². The molecule has 0 saturated carbocycles. The molecule has 4 rings (SSSR count). The van der Waals surface area contributed by atoms with Crippen LogP contribution < -0.4 is 20.5 Å². The Morgan fingerprint density at radius 2 is 1.56 bits per heavy atom. The van der Waals surface area contributed by atoms with Gasteiger partial charge in [0.05, 0.1) is 36.1 Å². The van der Waals surface area contributed by atoms with Gasteiger partial charge in [0.15, 0.2) is 0 Å². The van der Waals surface area contributed by atoms with Crippen molar-refractivity contribution in [2.75, 3.05) is 14.2 Å². The van der Waals surface area contributed by atoms with Crippen molar-refractivity contribution in [2.45, 2.75) is 6.04 Å². The van der Waals surface area contributed by atoms with Crippen LogP contribution in [0.3, 0.4) is 0 Å². The minimum absolute atomic E-state index is 0.0118. The number of hydrogen-bond acceptors (Lipinski definition) is 7. The van der Waals surface area contributed by atoms with E-state index in [0.717, 1.165) is 16.9 Å². The minimum atomic E-state index is -0.853. The molecule has 3 aromatic rings. The lowest BCUT2D eigenvalue weighted by Gasteiger charge is -2.26. The van der Waals surface area contributed by atoms with E-state index >= 15 is 0 Å². The second kappa shape index (κ2) is 8.68. The molecule has 0 amide bonds. The van der Waals surface area contributed by atoms with Crippen LogP contribution in [0.25, 0.3) is 11.6 Å². The molecule has 162 valence electrons. The summed E-state index contributed by atoms with van der Waals surface area (Å²) >= 11 is 1.12. The number of fused-ring (bicyclic) bond motifs is 1. The monoisotopic (exact) mass is 448 g/mol. The number of ether oxygens (including phenoxy) is 2. The molecule has 0 bridgehead atoms. The van der Waals surface area contributed by atoms with E-state index in [1.807, 2.05) is 36.4 Å². The van der Waals surface area contributed by atoms with Crippen molar-refractivity contribution in [3.63, 3.8) is 0 Å². The number of thiazole rings is 1. The number of hydrogen-bond donors (Lipinski definition) is 1. The Balaban J connectivity index is 2.14. The van der Waals surface area contributed by atoms with Gasteiger partial charge >= 0.3 is 11.9 Å². The van der Waals surface area contributed by atoms with Crippen LogP contribution in [0.15, 0.2) is 76.7 Å². The summed E-state index contributed by atoms with van der Waals surface area (Å²) in [5, 5.41) is 0. The van der Waals surface area contributed by atoms with Crippen LogP contribution in [0, 0.1) is 0 Å². The van der Waals surface area contributed by atoms with E-state index in [2.05, 4.69) is 0 Å². The molecule has 0 aliphatic carbocycles. The molecule has 1 atom stereocenters. The standard InChI is InChI=1S/C24H20N2O5S/c1-30-23(28)17-19(25)18(24(29)31-2)22-26(20(17)15-11-7-4-8-12-15)21(27)16(32-22)13-14-9-5-3-6-10-14/h3-13,20H,25H2,1-2H3. The average molecular weight is 449 g/mol. The van der Waals surface area contributed by atoms with E-state index in [-0.39, 0.29) is 22.4 Å². The van der Waals surface area contributed by atoms with Crippen LogP contribution in [0.1, 0.15) is 17.2 Å². The maximum Gasteiger partial charge on any atom is 0.342 e. The van der Waals surface area contributed by atoms with Gasteiger partial charge in [0.25, 0.3) is 5.56 Å². The maximum absolute atomic E-state index is 13.6. The molecule has 1 aliphatic rings. The first-order chi connectivity index (χ1) is 15.5. The molecule has 0 spiro atoms. The van der Waals surface area contributed by atoms with Crippen molar-refractivity contribution in [3.8, 4) is 0 Å². The second-order valence-corrected chi connectivity index (χ2v) is 8.03. The lowest BCUT2D eigenvalue weighted by Crippen LogP contribution is -2.43. The molecule has 2 heterocycles. The summed E-state index contributed by atoms with van der Waals surface area (Å²) in [6.45, 7) is 0. The largest absolute Gasteiger partial charge is 0.466 e. The molecule has 1 aromatic heterocycles. The number of nitrogens with two attached hydrogens (primary N) is 1. The van der Waals surface area contributed by atoms with E-state index in [1.165, 1.54) is 18.8 Å². The molecule has 7 nitrogen and oxygen atoms in total. The Bertz CT molecular complexity index is 1400. The molecule has 2 N–H and O–H groups in total. The maximum atomic E-state index is 13.6. The summed E-state index contributed by atoms with van der Waals surface area (Å²) in [5.41, 5.74) is 7.41. The number of esters is 2. The molecule has 32 heavy (non-hydrogen) atoms. The molecule has 0 saturated heterocycles. The fourth-order valence-corrected chi connectivity index (χ4v) is 4.88. The van der Waals surface area contributed by atoms with Gasteiger partial charge < -0.3 is 15.2 Å². The SMILES string of the molecule is COC(=O)C1=C(N)C(C(=O)OC)=c2sc(=Cc3ccccc3)c(=O)n2C1c1ccccc1. The highest BCUT2D eigenvalue weighted by molar-refractivity contribution is 7.07. The van der Waals surface area contributed by atoms with E-state index < -0.39 is 18.0 Å². The number of benzene rings is 2.